The third-order valence-corrected chi connectivity index (χ3v) is 3.14. The Hall–Kier alpha value is -1.25. The first-order valence-electron chi connectivity index (χ1n) is 5.89. The van der Waals surface area contributed by atoms with Crippen LogP contribution in [0.2, 0.25) is 0 Å². The molecule has 0 radical (unpaired) electrons. The molecule has 88 valence electrons. The van der Waals surface area contributed by atoms with Gasteiger partial charge in [-0.3, -0.25) is 0 Å². The van der Waals surface area contributed by atoms with Crippen molar-refractivity contribution in [1.29, 1.82) is 0 Å². The average Bonchev–Trinajstić information content (AvgIpc) is 2.33. The van der Waals surface area contributed by atoms with Crippen molar-refractivity contribution < 1.29 is 9.13 Å². The highest BCUT2D eigenvalue weighted by atomic mass is 19.1. The van der Waals surface area contributed by atoms with E-state index in [1.165, 1.54) is 25.3 Å². The Kier molecular flexibility index (Phi) is 3.65. The van der Waals surface area contributed by atoms with Crippen molar-refractivity contribution in [2.75, 3.05) is 12.4 Å². The number of ether oxygens (including phenoxy) is 1. The van der Waals surface area contributed by atoms with Crippen molar-refractivity contribution in [3.05, 3.63) is 24.0 Å². The quantitative estimate of drug-likeness (QED) is 0.845. The monoisotopic (exact) mass is 223 g/mol. The largest absolute Gasteiger partial charge is 0.497 e. The highest BCUT2D eigenvalue weighted by Gasteiger charge is 2.14. The Morgan fingerprint density at radius 3 is 2.69 bits per heavy atom. The van der Waals surface area contributed by atoms with Crippen molar-refractivity contribution in [1.82, 2.24) is 0 Å². The van der Waals surface area contributed by atoms with E-state index in [0.29, 0.717) is 17.5 Å². The summed E-state index contributed by atoms with van der Waals surface area (Å²) in [4.78, 5) is 0. The molecule has 2 nitrogen and oxygen atoms in total. The average molecular weight is 223 g/mol. The number of halogens is 1. The van der Waals surface area contributed by atoms with E-state index in [-0.39, 0.29) is 5.82 Å². The zero-order chi connectivity index (χ0) is 11.4. The fourth-order valence-electron chi connectivity index (χ4n) is 2.21. The molecule has 1 aromatic rings. The third kappa shape index (κ3) is 2.65. The summed E-state index contributed by atoms with van der Waals surface area (Å²) in [5.41, 5.74) is 0.561. The molecule has 1 aromatic carbocycles. The van der Waals surface area contributed by atoms with Crippen LogP contribution in [0.4, 0.5) is 10.1 Å². The van der Waals surface area contributed by atoms with E-state index in [9.17, 15) is 4.39 Å². The van der Waals surface area contributed by atoms with Crippen molar-refractivity contribution in [2.24, 2.45) is 0 Å². The summed E-state index contributed by atoms with van der Waals surface area (Å²) >= 11 is 0. The Balaban J connectivity index is 2.06. The van der Waals surface area contributed by atoms with E-state index >= 15 is 0 Å². The predicted molar refractivity (Wildman–Crippen MR) is 63.4 cm³/mol. The molecule has 0 saturated heterocycles. The third-order valence-electron chi connectivity index (χ3n) is 3.14. The van der Waals surface area contributed by atoms with E-state index in [4.69, 9.17) is 4.74 Å². The van der Waals surface area contributed by atoms with Gasteiger partial charge in [0.05, 0.1) is 12.8 Å². The van der Waals surface area contributed by atoms with Crippen LogP contribution in [-0.2, 0) is 0 Å². The standard InChI is InChI=1S/C13H18FNO/c1-16-11-7-8-12(14)13(9-11)15-10-5-3-2-4-6-10/h7-10,15H,2-6H2,1H3. The Labute approximate surface area is 95.8 Å². The van der Waals surface area contributed by atoms with Gasteiger partial charge >= 0.3 is 0 Å². The maximum Gasteiger partial charge on any atom is 0.146 e. The first kappa shape index (κ1) is 11.2. The van der Waals surface area contributed by atoms with Gasteiger partial charge in [-0.25, -0.2) is 4.39 Å². The van der Waals surface area contributed by atoms with Gasteiger partial charge < -0.3 is 10.1 Å². The van der Waals surface area contributed by atoms with Crippen LogP contribution in [0.5, 0.6) is 5.75 Å². The Bertz CT molecular complexity index is 348. The molecular formula is C13H18FNO. The molecule has 16 heavy (non-hydrogen) atoms. The molecular weight excluding hydrogens is 205 g/mol. The van der Waals surface area contributed by atoms with Crippen molar-refractivity contribution in [3.63, 3.8) is 0 Å². The second-order valence-electron chi connectivity index (χ2n) is 4.33. The second-order valence-corrected chi connectivity index (χ2v) is 4.33. The molecule has 1 fully saturated rings. The normalized spacial score (nSPS) is 17.1. The lowest BCUT2D eigenvalue weighted by Crippen LogP contribution is -2.22. The summed E-state index contributed by atoms with van der Waals surface area (Å²) in [6.07, 6.45) is 6.05. The van der Waals surface area contributed by atoms with Crippen LogP contribution < -0.4 is 10.1 Å². The Morgan fingerprint density at radius 1 is 1.25 bits per heavy atom. The van der Waals surface area contributed by atoms with E-state index in [1.54, 1.807) is 19.2 Å². The van der Waals surface area contributed by atoms with Gasteiger partial charge in [-0.1, -0.05) is 19.3 Å². The molecule has 1 aliphatic rings. The van der Waals surface area contributed by atoms with E-state index < -0.39 is 0 Å². The van der Waals surface area contributed by atoms with Gasteiger partial charge in [0.25, 0.3) is 0 Å². The summed E-state index contributed by atoms with van der Waals surface area (Å²) in [6, 6.07) is 5.23. The minimum atomic E-state index is -0.202. The lowest BCUT2D eigenvalue weighted by Gasteiger charge is -2.24. The molecule has 0 spiro atoms. The lowest BCUT2D eigenvalue weighted by molar-refractivity contribution is 0.413. The first-order chi connectivity index (χ1) is 7.79. The molecule has 1 aliphatic carbocycles. The molecule has 0 aromatic heterocycles. The van der Waals surface area contributed by atoms with Crippen LogP contribution in [-0.4, -0.2) is 13.2 Å². The maximum absolute atomic E-state index is 13.5. The van der Waals surface area contributed by atoms with Gasteiger partial charge in [0, 0.05) is 12.1 Å². The van der Waals surface area contributed by atoms with Gasteiger partial charge in [-0.05, 0) is 25.0 Å². The second kappa shape index (κ2) is 5.19. The van der Waals surface area contributed by atoms with Gasteiger partial charge in [0.1, 0.15) is 11.6 Å². The molecule has 0 bridgehead atoms. The topological polar surface area (TPSA) is 21.3 Å². The number of hydrogen-bond donors (Lipinski definition) is 1. The van der Waals surface area contributed by atoms with Gasteiger partial charge in [-0.15, -0.1) is 0 Å². The summed E-state index contributed by atoms with van der Waals surface area (Å²) in [6.45, 7) is 0. The van der Waals surface area contributed by atoms with Crippen LogP contribution in [0.3, 0.4) is 0 Å². The van der Waals surface area contributed by atoms with Crippen molar-refractivity contribution in [2.45, 2.75) is 38.1 Å². The van der Waals surface area contributed by atoms with E-state index in [0.717, 1.165) is 12.8 Å². The molecule has 0 amide bonds. The highest BCUT2D eigenvalue weighted by molar-refractivity contribution is 5.50. The molecule has 3 heteroatoms. The fraction of sp³-hybridized carbons (Fsp3) is 0.538. The number of rotatable bonds is 3. The maximum atomic E-state index is 13.5. The minimum absolute atomic E-state index is 0.202. The summed E-state index contributed by atoms with van der Waals surface area (Å²) < 4.78 is 18.6. The van der Waals surface area contributed by atoms with E-state index in [1.807, 2.05) is 0 Å². The molecule has 0 atom stereocenters. The zero-order valence-corrected chi connectivity index (χ0v) is 9.63. The van der Waals surface area contributed by atoms with Crippen molar-refractivity contribution >= 4 is 5.69 Å². The number of nitrogens with one attached hydrogen (secondary N) is 1. The minimum Gasteiger partial charge on any atom is -0.497 e. The summed E-state index contributed by atoms with van der Waals surface area (Å²) in [7, 11) is 1.59. The molecule has 0 heterocycles. The fourth-order valence-corrected chi connectivity index (χ4v) is 2.21. The molecule has 1 saturated carbocycles. The predicted octanol–water partition coefficient (Wildman–Crippen LogP) is 3.58. The molecule has 1 N–H and O–H groups in total. The van der Waals surface area contributed by atoms with Gasteiger partial charge in [0.2, 0.25) is 0 Å². The van der Waals surface area contributed by atoms with Crippen LogP contribution >= 0.6 is 0 Å². The summed E-state index contributed by atoms with van der Waals surface area (Å²) in [5, 5.41) is 3.27. The van der Waals surface area contributed by atoms with Crippen LogP contribution in [0.15, 0.2) is 18.2 Å². The highest BCUT2D eigenvalue weighted by Crippen LogP contribution is 2.26. The number of benzene rings is 1. The van der Waals surface area contributed by atoms with Crippen LogP contribution in [0.25, 0.3) is 0 Å². The van der Waals surface area contributed by atoms with Gasteiger partial charge in [0.15, 0.2) is 0 Å². The number of anilines is 1. The Morgan fingerprint density at radius 2 is 2.00 bits per heavy atom. The van der Waals surface area contributed by atoms with Crippen LogP contribution in [0.1, 0.15) is 32.1 Å². The number of hydrogen-bond acceptors (Lipinski definition) is 2. The first-order valence-corrected chi connectivity index (χ1v) is 5.89. The lowest BCUT2D eigenvalue weighted by atomic mass is 9.95. The smallest absolute Gasteiger partial charge is 0.146 e. The van der Waals surface area contributed by atoms with E-state index in [2.05, 4.69) is 5.32 Å². The number of methoxy groups -OCH3 is 1. The molecule has 0 unspecified atom stereocenters. The SMILES string of the molecule is COc1ccc(F)c(NC2CCCCC2)c1. The molecule has 2 rings (SSSR count). The van der Waals surface area contributed by atoms with Crippen LogP contribution in [0, 0.1) is 5.82 Å². The van der Waals surface area contributed by atoms with Gasteiger partial charge in [-0.2, -0.15) is 0 Å². The molecule has 0 aliphatic heterocycles. The van der Waals surface area contributed by atoms with Crippen molar-refractivity contribution in [3.8, 4) is 5.75 Å². The zero-order valence-electron chi connectivity index (χ0n) is 9.63. The summed E-state index contributed by atoms with van der Waals surface area (Å²) in [5.74, 6) is 0.492.